The molecule has 0 saturated heterocycles. The smallest absolute Gasteiger partial charge is 0.410 e. The zero-order valence-corrected chi connectivity index (χ0v) is 6.91. The summed E-state index contributed by atoms with van der Waals surface area (Å²) < 4.78 is 0. The average molecular weight is 197 g/mol. The molecule has 0 saturated carbocycles. The van der Waals surface area contributed by atoms with Gasteiger partial charge in [-0.25, -0.2) is 14.8 Å². The molecule has 74 valence electrons. The molecule has 8 nitrogen and oxygen atoms in total. The topological polar surface area (TPSA) is 109 Å². The van der Waals surface area contributed by atoms with E-state index in [1.165, 1.54) is 12.4 Å². The van der Waals surface area contributed by atoms with Crippen molar-refractivity contribution in [3.8, 4) is 0 Å². The van der Waals surface area contributed by atoms with Crippen molar-refractivity contribution in [1.29, 1.82) is 0 Å². The summed E-state index contributed by atoms with van der Waals surface area (Å²) in [6, 6.07) is 1.61. The molecular weight excluding hydrogens is 190 g/mol. The number of carbonyl (C=O) groups excluding carboxylic acids is 1. The van der Waals surface area contributed by atoms with Gasteiger partial charge in [-0.15, -0.1) is 0 Å². The molecule has 1 rings (SSSR count). The summed E-state index contributed by atoms with van der Waals surface area (Å²) in [6.07, 6.45) is 2.86. The number of nitrogens with one attached hydrogen (secondary N) is 2. The number of rotatable bonds is 3. The second-order valence-corrected chi connectivity index (χ2v) is 1.95. The van der Waals surface area contributed by atoms with E-state index in [0.717, 1.165) is 6.34 Å². The first-order valence-corrected chi connectivity index (χ1v) is 3.49. The minimum atomic E-state index is -0.852. The van der Waals surface area contributed by atoms with Crippen LogP contribution in [0.5, 0.6) is 0 Å². The average Bonchev–Trinajstić information content (AvgIpc) is 2.25. The normalized spacial score (nSPS) is 9.71. The van der Waals surface area contributed by atoms with Gasteiger partial charge in [-0.3, -0.25) is 5.32 Å². The van der Waals surface area contributed by atoms with Gasteiger partial charge >= 0.3 is 6.09 Å². The van der Waals surface area contributed by atoms with Crippen molar-refractivity contribution in [1.82, 2.24) is 15.3 Å². The SMILES string of the molecule is O=C(NC=NO)ONc1ncccn1. The van der Waals surface area contributed by atoms with Gasteiger partial charge in [0.15, 0.2) is 0 Å². The fraction of sp³-hybridized carbons (Fsp3) is 0. The molecule has 1 heterocycles. The van der Waals surface area contributed by atoms with Crippen molar-refractivity contribution in [3.63, 3.8) is 0 Å². The molecule has 3 N–H and O–H groups in total. The summed E-state index contributed by atoms with van der Waals surface area (Å²) in [6.45, 7) is 0. The zero-order chi connectivity index (χ0) is 10.2. The number of hydrogen-bond donors (Lipinski definition) is 3. The maximum absolute atomic E-state index is 10.7. The maximum Gasteiger partial charge on any atom is 0.436 e. The summed E-state index contributed by atoms with van der Waals surface area (Å²) in [7, 11) is 0. The van der Waals surface area contributed by atoms with E-state index in [0.29, 0.717) is 0 Å². The third-order valence-electron chi connectivity index (χ3n) is 1.04. The van der Waals surface area contributed by atoms with Gasteiger partial charge < -0.3 is 10.0 Å². The lowest BCUT2D eigenvalue weighted by molar-refractivity contribution is 0.174. The fourth-order valence-electron chi connectivity index (χ4n) is 0.555. The second-order valence-electron chi connectivity index (χ2n) is 1.95. The Morgan fingerprint density at radius 1 is 1.57 bits per heavy atom. The van der Waals surface area contributed by atoms with Crippen LogP contribution in [0.1, 0.15) is 0 Å². The third-order valence-corrected chi connectivity index (χ3v) is 1.04. The first kappa shape index (κ1) is 9.71. The number of carbonyl (C=O) groups is 1. The Hall–Kier alpha value is -2.38. The zero-order valence-electron chi connectivity index (χ0n) is 6.91. The first-order valence-electron chi connectivity index (χ1n) is 3.49. The van der Waals surface area contributed by atoms with E-state index in [1.807, 2.05) is 5.32 Å². The largest absolute Gasteiger partial charge is 0.436 e. The minimum Gasteiger partial charge on any atom is -0.410 e. The van der Waals surface area contributed by atoms with Crippen LogP contribution < -0.4 is 10.8 Å². The highest BCUT2D eigenvalue weighted by Crippen LogP contribution is 1.92. The molecule has 0 spiro atoms. The molecule has 8 heteroatoms. The highest BCUT2D eigenvalue weighted by atomic mass is 16.7. The predicted molar refractivity (Wildman–Crippen MR) is 45.5 cm³/mol. The molecule has 0 aliphatic rings. The van der Waals surface area contributed by atoms with Crippen molar-refractivity contribution in [3.05, 3.63) is 18.5 Å². The molecule has 1 aromatic rings. The molecule has 0 aromatic carbocycles. The monoisotopic (exact) mass is 197 g/mol. The highest BCUT2D eigenvalue weighted by Gasteiger charge is 2.00. The van der Waals surface area contributed by atoms with Crippen molar-refractivity contribution < 1.29 is 14.8 Å². The fourth-order valence-corrected chi connectivity index (χ4v) is 0.555. The molecule has 0 aliphatic carbocycles. The molecule has 0 fully saturated rings. The van der Waals surface area contributed by atoms with Crippen LogP contribution in [0.3, 0.4) is 0 Å². The quantitative estimate of drug-likeness (QED) is 0.271. The molecular formula is C6H7N5O3. The Kier molecular flexibility index (Phi) is 3.67. The van der Waals surface area contributed by atoms with Gasteiger partial charge in [0.05, 0.1) is 0 Å². The van der Waals surface area contributed by atoms with E-state index < -0.39 is 6.09 Å². The highest BCUT2D eigenvalue weighted by molar-refractivity contribution is 5.81. The van der Waals surface area contributed by atoms with Gasteiger partial charge in [0.25, 0.3) is 5.95 Å². The van der Waals surface area contributed by atoms with E-state index in [1.54, 1.807) is 6.07 Å². The van der Waals surface area contributed by atoms with Crippen molar-refractivity contribution in [2.24, 2.45) is 5.16 Å². The van der Waals surface area contributed by atoms with E-state index in [9.17, 15) is 4.79 Å². The number of anilines is 1. The van der Waals surface area contributed by atoms with Crippen LogP contribution in [0.25, 0.3) is 0 Å². The van der Waals surface area contributed by atoms with Gasteiger partial charge in [-0.2, -0.15) is 5.48 Å². The lowest BCUT2D eigenvalue weighted by Crippen LogP contribution is -2.25. The number of amides is 1. The second kappa shape index (κ2) is 5.30. The van der Waals surface area contributed by atoms with Crippen LogP contribution in [0, 0.1) is 0 Å². The standard InChI is InChI=1S/C6H7N5O3/c12-6(9-4-10-13)14-11-5-7-2-1-3-8-5/h1-4,13H,(H,7,8,11)(H,9,10,12). The van der Waals surface area contributed by atoms with Gasteiger partial charge in [0.2, 0.25) is 0 Å². The molecule has 0 radical (unpaired) electrons. The van der Waals surface area contributed by atoms with Crippen LogP contribution in [0.15, 0.2) is 23.6 Å². The third kappa shape index (κ3) is 3.34. The summed E-state index contributed by atoms with van der Waals surface area (Å²) >= 11 is 0. The van der Waals surface area contributed by atoms with E-state index in [4.69, 9.17) is 5.21 Å². The van der Waals surface area contributed by atoms with Gasteiger partial charge in [0, 0.05) is 12.4 Å². The molecule has 0 unspecified atom stereocenters. The van der Waals surface area contributed by atoms with Crippen LogP contribution >= 0.6 is 0 Å². The number of hydrogen-bond acceptors (Lipinski definition) is 7. The van der Waals surface area contributed by atoms with E-state index >= 15 is 0 Å². The Morgan fingerprint density at radius 2 is 2.29 bits per heavy atom. The molecule has 0 atom stereocenters. The van der Waals surface area contributed by atoms with Crippen molar-refractivity contribution in [2.75, 3.05) is 5.48 Å². The number of aromatic nitrogens is 2. The predicted octanol–water partition coefficient (Wildman–Crippen LogP) is -0.0528. The van der Waals surface area contributed by atoms with Gasteiger partial charge in [-0.05, 0) is 6.07 Å². The van der Waals surface area contributed by atoms with E-state index in [2.05, 4.69) is 25.4 Å². The molecule has 0 bridgehead atoms. The number of nitrogens with zero attached hydrogens (tertiary/aromatic N) is 3. The first-order chi connectivity index (χ1) is 6.83. The minimum absolute atomic E-state index is 0.142. The van der Waals surface area contributed by atoms with Crippen molar-refractivity contribution in [2.45, 2.75) is 0 Å². The summed E-state index contributed by atoms with van der Waals surface area (Å²) in [4.78, 5) is 22.6. The van der Waals surface area contributed by atoms with Crippen molar-refractivity contribution >= 4 is 18.4 Å². The summed E-state index contributed by atoms with van der Waals surface area (Å²) in [5, 5.41) is 12.5. The van der Waals surface area contributed by atoms with Crippen LogP contribution in [0.4, 0.5) is 10.7 Å². The van der Waals surface area contributed by atoms with Gasteiger partial charge in [0.1, 0.15) is 6.34 Å². The molecule has 1 aromatic heterocycles. The van der Waals surface area contributed by atoms with Crippen LogP contribution in [-0.4, -0.2) is 27.6 Å². The molecule has 14 heavy (non-hydrogen) atoms. The Labute approximate surface area is 78.6 Å². The lowest BCUT2D eigenvalue weighted by atomic mass is 10.7. The molecule has 1 amide bonds. The van der Waals surface area contributed by atoms with Crippen LogP contribution in [0.2, 0.25) is 0 Å². The summed E-state index contributed by atoms with van der Waals surface area (Å²) in [5.74, 6) is 0.142. The van der Waals surface area contributed by atoms with E-state index in [-0.39, 0.29) is 5.95 Å². The Balaban J connectivity index is 2.31. The summed E-state index contributed by atoms with van der Waals surface area (Å²) in [5.41, 5.74) is 2.18. The number of oxime groups is 1. The van der Waals surface area contributed by atoms with Gasteiger partial charge in [-0.1, -0.05) is 5.16 Å². The lowest BCUT2D eigenvalue weighted by Gasteiger charge is -2.02. The molecule has 0 aliphatic heterocycles. The Bertz CT molecular complexity index is 315. The maximum atomic E-state index is 10.7. The van der Waals surface area contributed by atoms with Crippen LogP contribution in [-0.2, 0) is 4.84 Å². The Morgan fingerprint density at radius 3 is 2.93 bits per heavy atom.